The largest absolute Gasteiger partial charge is 0.493 e. The van der Waals surface area contributed by atoms with Crippen LogP contribution in [0.4, 0.5) is 0 Å². The molecule has 0 bridgehead atoms. The molecule has 0 N–H and O–H groups in total. The maximum Gasteiger partial charge on any atom is 0.170 e. The zero-order valence-electron chi connectivity index (χ0n) is 12.9. The molecule has 3 heteroatoms. The Hall–Kier alpha value is -2.55. The van der Waals surface area contributed by atoms with E-state index in [2.05, 4.69) is 6.08 Å². The first-order chi connectivity index (χ1) is 10.5. The number of rotatable bonds is 3. The highest BCUT2D eigenvalue weighted by molar-refractivity contribution is 5.94. The summed E-state index contributed by atoms with van der Waals surface area (Å²) >= 11 is 0. The second kappa shape index (κ2) is 5.34. The van der Waals surface area contributed by atoms with E-state index >= 15 is 0 Å². The van der Waals surface area contributed by atoms with Crippen molar-refractivity contribution in [3.8, 4) is 11.5 Å². The average molecular weight is 294 g/mol. The maximum absolute atomic E-state index is 11.2. The Balaban J connectivity index is 2.21. The van der Waals surface area contributed by atoms with Crippen LogP contribution in [0.2, 0.25) is 0 Å². The van der Waals surface area contributed by atoms with E-state index in [1.807, 2.05) is 50.2 Å². The molecule has 22 heavy (non-hydrogen) atoms. The van der Waals surface area contributed by atoms with Gasteiger partial charge in [0.1, 0.15) is 11.9 Å². The Morgan fingerprint density at radius 2 is 1.82 bits per heavy atom. The summed E-state index contributed by atoms with van der Waals surface area (Å²) < 4.78 is 11.5. The van der Waals surface area contributed by atoms with Crippen molar-refractivity contribution in [1.29, 1.82) is 0 Å². The Bertz CT molecular complexity index is 743. The topological polar surface area (TPSA) is 35.5 Å². The lowest BCUT2D eigenvalue weighted by Crippen LogP contribution is -2.24. The molecule has 0 aromatic heterocycles. The lowest BCUT2D eigenvalue weighted by Gasteiger charge is -2.20. The fraction of sp³-hybridized carbons (Fsp3) is 0.211. The van der Waals surface area contributed by atoms with Crippen molar-refractivity contribution in [3.63, 3.8) is 0 Å². The number of fused-ring (bicyclic) bond motifs is 1. The van der Waals surface area contributed by atoms with E-state index in [0.29, 0.717) is 17.1 Å². The van der Waals surface area contributed by atoms with Crippen molar-refractivity contribution in [2.45, 2.75) is 19.4 Å². The van der Waals surface area contributed by atoms with Crippen LogP contribution in [0.1, 0.15) is 35.3 Å². The molecule has 2 aromatic carbocycles. The summed E-state index contributed by atoms with van der Waals surface area (Å²) in [5.74, 6) is 1.28. The van der Waals surface area contributed by atoms with Gasteiger partial charge in [0, 0.05) is 16.7 Å². The minimum atomic E-state index is -0.479. The van der Waals surface area contributed by atoms with Gasteiger partial charge in [-0.3, -0.25) is 4.79 Å². The van der Waals surface area contributed by atoms with Crippen molar-refractivity contribution in [2.75, 3.05) is 7.11 Å². The number of benzene rings is 2. The predicted molar refractivity (Wildman–Crippen MR) is 87.4 cm³/mol. The summed E-state index contributed by atoms with van der Waals surface area (Å²) in [4.78, 5) is 11.2. The molecule has 0 aliphatic carbocycles. The van der Waals surface area contributed by atoms with Gasteiger partial charge in [0.15, 0.2) is 11.5 Å². The SMILES string of the molecule is COc1cc(C=O)cc2c1OC(C)(C)/C2=C/c1ccccc1. The van der Waals surface area contributed by atoms with Crippen molar-refractivity contribution in [2.24, 2.45) is 0 Å². The summed E-state index contributed by atoms with van der Waals surface area (Å²) in [6.45, 7) is 4.03. The van der Waals surface area contributed by atoms with Crippen LogP contribution in [-0.4, -0.2) is 19.0 Å². The van der Waals surface area contributed by atoms with Crippen molar-refractivity contribution >= 4 is 17.9 Å². The summed E-state index contributed by atoms with van der Waals surface area (Å²) in [6, 6.07) is 13.6. The normalized spacial score (nSPS) is 17.0. The number of carbonyl (C=O) groups excluding carboxylic acids is 1. The van der Waals surface area contributed by atoms with E-state index in [9.17, 15) is 4.79 Å². The Labute approximate surface area is 130 Å². The molecule has 0 fully saturated rings. The molecule has 0 unspecified atom stereocenters. The molecule has 1 aliphatic rings. The highest BCUT2D eigenvalue weighted by Gasteiger charge is 2.38. The molecule has 0 amide bonds. The van der Waals surface area contributed by atoms with Crippen LogP contribution in [0.5, 0.6) is 11.5 Å². The summed E-state index contributed by atoms with van der Waals surface area (Å²) in [6.07, 6.45) is 2.92. The van der Waals surface area contributed by atoms with Crippen molar-refractivity contribution in [1.82, 2.24) is 0 Å². The third-order valence-corrected chi connectivity index (χ3v) is 3.84. The number of ether oxygens (including phenoxy) is 2. The van der Waals surface area contributed by atoms with Gasteiger partial charge >= 0.3 is 0 Å². The van der Waals surface area contributed by atoms with E-state index in [0.717, 1.165) is 23.0 Å². The van der Waals surface area contributed by atoms with Crippen LogP contribution in [0.15, 0.2) is 42.5 Å². The minimum Gasteiger partial charge on any atom is -0.493 e. The first-order valence-corrected chi connectivity index (χ1v) is 7.19. The molecule has 0 radical (unpaired) electrons. The van der Waals surface area contributed by atoms with Gasteiger partial charge in [0.2, 0.25) is 0 Å². The van der Waals surface area contributed by atoms with Crippen molar-refractivity contribution in [3.05, 3.63) is 59.2 Å². The maximum atomic E-state index is 11.2. The monoisotopic (exact) mass is 294 g/mol. The smallest absolute Gasteiger partial charge is 0.170 e. The third-order valence-electron chi connectivity index (χ3n) is 3.84. The molecule has 2 aromatic rings. The van der Waals surface area contributed by atoms with E-state index in [4.69, 9.17) is 9.47 Å². The first-order valence-electron chi connectivity index (χ1n) is 7.19. The number of hydrogen-bond acceptors (Lipinski definition) is 3. The molecule has 3 rings (SSSR count). The minimum absolute atomic E-state index is 0.479. The van der Waals surface area contributed by atoms with Crippen LogP contribution in [0, 0.1) is 0 Å². The molecule has 0 spiro atoms. The van der Waals surface area contributed by atoms with Gasteiger partial charge in [-0.1, -0.05) is 30.3 Å². The van der Waals surface area contributed by atoms with E-state index in [1.165, 1.54) is 0 Å². The Morgan fingerprint density at radius 1 is 1.09 bits per heavy atom. The molecule has 3 nitrogen and oxygen atoms in total. The summed E-state index contributed by atoms with van der Waals surface area (Å²) in [5, 5.41) is 0. The highest BCUT2D eigenvalue weighted by Crippen LogP contribution is 2.49. The highest BCUT2D eigenvalue weighted by atomic mass is 16.5. The zero-order chi connectivity index (χ0) is 15.7. The van der Waals surface area contributed by atoms with Gasteiger partial charge < -0.3 is 9.47 Å². The standard InChI is InChI=1S/C19H18O3/c1-19(2)16(10-13-7-5-4-6-8-13)15-9-14(12-20)11-17(21-3)18(15)22-19/h4-12H,1-3H3/b16-10+. The van der Waals surface area contributed by atoms with Gasteiger partial charge in [-0.05, 0) is 37.6 Å². The number of carbonyl (C=O) groups is 1. The predicted octanol–water partition coefficient (Wildman–Crippen LogP) is 4.22. The molecule has 0 saturated carbocycles. The van der Waals surface area contributed by atoms with Crippen molar-refractivity contribution < 1.29 is 14.3 Å². The lowest BCUT2D eigenvalue weighted by molar-refractivity contribution is 0.112. The number of hydrogen-bond donors (Lipinski definition) is 0. The van der Waals surface area contributed by atoms with Crippen LogP contribution < -0.4 is 9.47 Å². The molecular formula is C19H18O3. The fourth-order valence-electron chi connectivity index (χ4n) is 2.75. The molecule has 112 valence electrons. The van der Waals surface area contributed by atoms with Gasteiger partial charge in [-0.15, -0.1) is 0 Å². The molecule has 0 saturated heterocycles. The average Bonchev–Trinajstić information content (AvgIpc) is 2.78. The van der Waals surface area contributed by atoms with Crippen LogP contribution in [0.3, 0.4) is 0 Å². The molecule has 1 aliphatic heterocycles. The van der Waals surface area contributed by atoms with Crippen LogP contribution in [-0.2, 0) is 0 Å². The second-order valence-electron chi connectivity index (χ2n) is 5.80. The van der Waals surface area contributed by atoms with E-state index in [-0.39, 0.29) is 0 Å². The van der Waals surface area contributed by atoms with Gasteiger partial charge in [-0.2, -0.15) is 0 Å². The summed E-state index contributed by atoms with van der Waals surface area (Å²) in [7, 11) is 1.58. The van der Waals surface area contributed by atoms with Crippen LogP contribution in [0.25, 0.3) is 11.6 Å². The quantitative estimate of drug-likeness (QED) is 0.795. The van der Waals surface area contributed by atoms with Gasteiger partial charge in [0.05, 0.1) is 7.11 Å². The molecule has 1 heterocycles. The van der Waals surface area contributed by atoms with Gasteiger partial charge in [0.25, 0.3) is 0 Å². The van der Waals surface area contributed by atoms with E-state index < -0.39 is 5.60 Å². The number of methoxy groups -OCH3 is 1. The van der Waals surface area contributed by atoms with Gasteiger partial charge in [-0.25, -0.2) is 0 Å². The summed E-state index contributed by atoms with van der Waals surface area (Å²) in [5.41, 5.74) is 3.15. The third kappa shape index (κ3) is 2.39. The van der Waals surface area contributed by atoms with E-state index in [1.54, 1.807) is 13.2 Å². The molecule has 0 atom stereocenters. The Kier molecular flexibility index (Phi) is 3.49. The first kappa shape index (κ1) is 14.4. The van der Waals surface area contributed by atoms with Crippen LogP contribution >= 0.6 is 0 Å². The second-order valence-corrected chi connectivity index (χ2v) is 5.80. The Morgan fingerprint density at radius 3 is 2.45 bits per heavy atom. The zero-order valence-corrected chi connectivity index (χ0v) is 12.9. The number of aldehydes is 1. The fourth-order valence-corrected chi connectivity index (χ4v) is 2.75. The molecular weight excluding hydrogens is 276 g/mol. The lowest BCUT2D eigenvalue weighted by atomic mass is 9.91.